The van der Waals surface area contributed by atoms with Gasteiger partial charge in [-0.25, -0.2) is 4.39 Å². The van der Waals surface area contributed by atoms with Gasteiger partial charge >= 0.3 is 0 Å². The summed E-state index contributed by atoms with van der Waals surface area (Å²) in [5.74, 6) is -0.786. The van der Waals surface area contributed by atoms with Gasteiger partial charge in [-0.15, -0.1) is 0 Å². The number of anilines is 1. The smallest absolute Gasteiger partial charge is 0.243 e. The van der Waals surface area contributed by atoms with Crippen molar-refractivity contribution >= 4 is 33.4 Å². The number of hydrogen-bond acceptors (Lipinski definition) is 2. The van der Waals surface area contributed by atoms with Gasteiger partial charge in [0, 0.05) is 24.5 Å². The summed E-state index contributed by atoms with van der Waals surface area (Å²) in [5, 5.41) is 3.15. The molecule has 18 heavy (non-hydrogen) atoms. The molecule has 1 N–H and O–H groups in total. The van der Waals surface area contributed by atoms with Crippen molar-refractivity contribution in [2.24, 2.45) is 0 Å². The van der Waals surface area contributed by atoms with E-state index in [1.54, 1.807) is 7.05 Å². The first-order chi connectivity index (χ1) is 8.52. The van der Waals surface area contributed by atoms with Crippen LogP contribution in [0.4, 0.5) is 10.1 Å². The van der Waals surface area contributed by atoms with Crippen LogP contribution in [0.5, 0.6) is 0 Å². The van der Waals surface area contributed by atoms with Gasteiger partial charge in [0.25, 0.3) is 0 Å². The molecule has 4 nitrogen and oxygen atoms in total. The third-order valence-electron chi connectivity index (χ3n) is 2.24. The van der Waals surface area contributed by atoms with Crippen molar-refractivity contribution in [2.75, 3.05) is 24.2 Å². The Hall–Kier alpha value is -1.43. The van der Waals surface area contributed by atoms with Crippen molar-refractivity contribution in [1.29, 1.82) is 0 Å². The molecule has 0 saturated heterocycles. The van der Waals surface area contributed by atoms with Gasteiger partial charge in [-0.05, 0) is 24.3 Å². The van der Waals surface area contributed by atoms with Crippen molar-refractivity contribution in [3.63, 3.8) is 0 Å². The van der Waals surface area contributed by atoms with Crippen LogP contribution >= 0.6 is 15.9 Å². The third-order valence-corrected chi connectivity index (χ3v) is 2.64. The molecule has 0 aromatic heterocycles. The second-order valence-electron chi connectivity index (χ2n) is 3.74. The van der Waals surface area contributed by atoms with Gasteiger partial charge in [-0.1, -0.05) is 15.9 Å². The fourth-order valence-electron chi connectivity index (χ4n) is 1.31. The molecule has 0 unspecified atom stereocenters. The van der Waals surface area contributed by atoms with E-state index in [-0.39, 0.29) is 24.2 Å². The fraction of sp³-hybridized carbons (Fsp3) is 0.333. The van der Waals surface area contributed by atoms with Gasteiger partial charge in [-0.2, -0.15) is 0 Å². The lowest BCUT2D eigenvalue weighted by atomic mass is 10.3. The molecule has 0 aliphatic heterocycles. The molecule has 0 radical (unpaired) electrons. The molecular formula is C12H14BrFN2O2. The number of carbonyl (C=O) groups is 2. The molecule has 0 spiro atoms. The molecule has 1 aromatic carbocycles. The zero-order chi connectivity index (χ0) is 13.5. The highest BCUT2D eigenvalue weighted by molar-refractivity contribution is 9.09. The number of amides is 2. The van der Waals surface area contributed by atoms with E-state index in [1.807, 2.05) is 0 Å². The van der Waals surface area contributed by atoms with E-state index in [1.165, 1.54) is 29.2 Å². The Bertz CT molecular complexity index is 423. The summed E-state index contributed by atoms with van der Waals surface area (Å²) in [4.78, 5) is 24.4. The molecule has 0 aliphatic rings. The van der Waals surface area contributed by atoms with Crippen LogP contribution in [0.2, 0.25) is 0 Å². The third kappa shape index (κ3) is 4.83. The highest BCUT2D eigenvalue weighted by Gasteiger charge is 2.12. The molecule has 0 heterocycles. The number of rotatable bonds is 5. The molecular weight excluding hydrogens is 303 g/mol. The van der Waals surface area contributed by atoms with E-state index >= 15 is 0 Å². The SMILES string of the molecule is CN(CC(=O)Nc1ccc(F)cc1)C(=O)CCBr. The summed E-state index contributed by atoms with van der Waals surface area (Å²) in [5.41, 5.74) is 0.503. The number of likely N-dealkylation sites (N-methyl/N-ethyl adjacent to an activating group) is 1. The minimum Gasteiger partial charge on any atom is -0.336 e. The van der Waals surface area contributed by atoms with Crippen LogP contribution < -0.4 is 5.32 Å². The van der Waals surface area contributed by atoms with E-state index in [2.05, 4.69) is 21.2 Å². The van der Waals surface area contributed by atoms with Crippen LogP contribution in [-0.2, 0) is 9.59 Å². The minimum absolute atomic E-state index is 0.0246. The zero-order valence-electron chi connectivity index (χ0n) is 9.95. The maximum absolute atomic E-state index is 12.7. The maximum Gasteiger partial charge on any atom is 0.243 e. The number of nitrogens with zero attached hydrogens (tertiary/aromatic N) is 1. The summed E-state index contributed by atoms with van der Waals surface area (Å²) in [6.45, 7) is -0.0246. The average molecular weight is 317 g/mol. The number of benzene rings is 1. The van der Waals surface area contributed by atoms with Crippen LogP contribution in [-0.4, -0.2) is 35.6 Å². The number of hydrogen-bond donors (Lipinski definition) is 1. The topological polar surface area (TPSA) is 49.4 Å². The van der Waals surface area contributed by atoms with E-state index < -0.39 is 0 Å². The Morgan fingerprint density at radius 1 is 1.33 bits per heavy atom. The largest absolute Gasteiger partial charge is 0.336 e. The van der Waals surface area contributed by atoms with Crippen molar-refractivity contribution in [3.8, 4) is 0 Å². The summed E-state index contributed by atoms with van der Waals surface area (Å²) in [7, 11) is 1.56. The predicted molar refractivity (Wildman–Crippen MR) is 71.1 cm³/mol. The van der Waals surface area contributed by atoms with Gasteiger partial charge < -0.3 is 10.2 Å². The second kappa shape index (κ2) is 7.10. The second-order valence-corrected chi connectivity index (χ2v) is 4.54. The number of halogens is 2. The molecule has 0 fully saturated rings. The lowest BCUT2D eigenvalue weighted by Gasteiger charge is -2.16. The molecule has 0 atom stereocenters. The number of carbonyl (C=O) groups excluding carboxylic acids is 2. The predicted octanol–water partition coefficient (Wildman–Crippen LogP) is 2.01. The molecule has 0 aliphatic carbocycles. The van der Waals surface area contributed by atoms with Crippen molar-refractivity contribution < 1.29 is 14.0 Å². The molecule has 1 aromatic rings. The summed E-state index contributed by atoms with van der Waals surface area (Å²) >= 11 is 3.16. The maximum atomic E-state index is 12.7. The lowest BCUT2D eigenvalue weighted by molar-refractivity contribution is -0.132. The van der Waals surface area contributed by atoms with Gasteiger partial charge in [0.05, 0.1) is 6.54 Å². The van der Waals surface area contributed by atoms with E-state index in [0.29, 0.717) is 17.4 Å². The summed E-state index contributed by atoms with van der Waals surface area (Å²) < 4.78 is 12.7. The number of alkyl halides is 1. The quantitative estimate of drug-likeness (QED) is 0.845. The molecule has 0 saturated carbocycles. The highest BCUT2D eigenvalue weighted by Crippen LogP contribution is 2.08. The van der Waals surface area contributed by atoms with E-state index in [4.69, 9.17) is 0 Å². The van der Waals surface area contributed by atoms with Crippen LogP contribution in [0.15, 0.2) is 24.3 Å². The zero-order valence-corrected chi connectivity index (χ0v) is 11.5. The minimum atomic E-state index is -0.363. The monoisotopic (exact) mass is 316 g/mol. The van der Waals surface area contributed by atoms with Gasteiger partial charge in [0.2, 0.25) is 11.8 Å². The summed E-state index contributed by atoms with van der Waals surface area (Å²) in [6, 6.07) is 5.45. The summed E-state index contributed by atoms with van der Waals surface area (Å²) in [6.07, 6.45) is 0.348. The van der Waals surface area contributed by atoms with Crippen molar-refractivity contribution in [2.45, 2.75) is 6.42 Å². The van der Waals surface area contributed by atoms with Gasteiger partial charge in [-0.3, -0.25) is 9.59 Å². The fourth-order valence-corrected chi connectivity index (χ4v) is 1.65. The first-order valence-corrected chi connectivity index (χ1v) is 6.50. The van der Waals surface area contributed by atoms with Crippen LogP contribution in [0.1, 0.15) is 6.42 Å². The Kier molecular flexibility index (Phi) is 5.77. The van der Waals surface area contributed by atoms with Crippen LogP contribution in [0, 0.1) is 5.82 Å². The number of nitrogens with one attached hydrogen (secondary N) is 1. The molecule has 98 valence electrons. The van der Waals surface area contributed by atoms with E-state index in [0.717, 1.165) is 0 Å². The van der Waals surface area contributed by atoms with Gasteiger partial charge in [0.15, 0.2) is 0 Å². The Morgan fingerprint density at radius 3 is 2.50 bits per heavy atom. The van der Waals surface area contributed by atoms with Gasteiger partial charge in [0.1, 0.15) is 5.82 Å². The Balaban J connectivity index is 2.46. The Labute approximate surface area is 113 Å². The standard InChI is InChI=1S/C12H14BrFN2O2/c1-16(12(18)6-7-13)8-11(17)15-10-4-2-9(14)3-5-10/h2-5H,6-8H2,1H3,(H,15,17). The normalized spacial score (nSPS) is 9.94. The Morgan fingerprint density at radius 2 is 1.94 bits per heavy atom. The van der Waals surface area contributed by atoms with Crippen LogP contribution in [0.25, 0.3) is 0 Å². The molecule has 1 rings (SSSR count). The first-order valence-electron chi connectivity index (χ1n) is 5.38. The van der Waals surface area contributed by atoms with E-state index in [9.17, 15) is 14.0 Å². The molecule has 0 bridgehead atoms. The molecule has 6 heteroatoms. The lowest BCUT2D eigenvalue weighted by Crippen LogP contribution is -2.34. The van der Waals surface area contributed by atoms with Crippen LogP contribution in [0.3, 0.4) is 0 Å². The van der Waals surface area contributed by atoms with Crippen molar-refractivity contribution in [1.82, 2.24) is 4.90 Å². The first kappa shape index (κ1) is 14.6. The highest BCUT2D eigenvalue weighted by atomic mass is 79.9. The van der Waals surface area contributed by atoms with Crippen molar-refractivity contribution in [3.05, 3.63) is 30.1 Å². The molecule has 2 amide bonds. The average Bonchev–Trinajstić information content (AvgIpc) is 2.32.